The third-order valence-electron chi connectivity index (χ3n) is 5.46. The zero-order valence-electron chi connectivity index (χ0n) is 19.9. The predicted octanol–water partition coefficient (Wildman–Crippen LogP) is 4.77. The van der Waals surface area contributed by atoms with Gasteiger partial charge in [0.05, 0.1) is 0 Å². The lowest BCUT2D eigenvalue weighted by molar-refractivity contribution is 0.0241. The van der Waals surface area contributed by atoms with E-state index in [9.17, 15) is 22.3 Å². The van der Waals surface area contributed by atoms with Gasteiger partial charge in [0.15, 0.2) is 0 Å². The minimum Gasteiger partial charge on any atom is -0.755 e. The minimum atomic E-state index is -2.84. The highest BCUT2D eigenvalue weighted by Gasteiger charge is 2.28. The maximum Gasteiger partial charge on any atom is 0.410 e. The van der Waals surface area contributed by atoms with E-state index in [4.69, 9.17) is 9.15 Å². The van der Waals surface area contributed by atoms with Crippen molar-refractivity contribution in [1.82, 2.24) is 15.1 Å². The van der Waals surface area contributed by atoms with E-state index in [-0.39, 0.29) is 12.4 Å². The summed E-state index contributed by atoms with van der Waals surface area (Å²) >= 11 is -2.52. The molecule has 0 radical (unpaired) electrons. The Labute approximate surface area is 209 Å². The van der Waals surface area contributed by atoms with Crippen molar-refractivity contribution >= 4 is 23.0 Å². The number of hydrogen-bond acceptors (Lipinski definition) is 7. The largest absolute Gasteiger partial charge is 0.755 e. The lowest BCUT2D eigenvalue weighted by Crippen LogP contribution is -2.33. The van der Waals surface area contributed by atoms with Gasteiger partial charge in [-0.2, -0.15) is 8.78 Å². The van der Waals surface area contributed by atoms with Crippen molar-refractivity contribution in [1.29, 1.82) is 0 Å². The highest BCUT2D eigenvalue weighted by Crippen LogP contribution is 2.29. The first-order chi connectivity index (χ1) is 17.0. The van der Waals surface area contributed by atoms with Crippen LogP contribution in [0.2, 0.25) is 0 Å². The van der Waals surface area contributed by atoms with Gasteiger partial charge in [-0.3, -0.25) is 9.11 Å². The molecule has 0 N–H and O–H groups in total. The SMILES string of the molecule is CC(C)(C)OC(=O)N1Cc2ccc(N(CCc3ccc(-c4nnc(C(F)F)o4)cc3)S(=O)[O-])cc2C1. The molecular weight excluding hydrogens is 494 g/mol. The van der Waals surface area contributed by atoms with Crippen molar-refractivity contribution in [2.45, 2.75) is 52.3 Å². The fourth-order valence-corrected chi connectivity index (χ4v) is 4.29. The highest BCUT2D eigenvalue weighted by molar-refractivity contribution is 7.80. The number of anilines is 1. The molecule has 1 aromatic heterocycles. The third kappa shape index (κ3) is 6.05. The van der Waals surface area contributed by atoms with Gasteiger partial charge in [-0.1, -0.05) is 18.2 Å². The number of rotatable bonds is 7. The van der Waals surface area contributed by atoms with Crippen molar-refractivity contribution in [2.24, 2.45) is 0 Å². The van der Waals surface area contributed by atoms with Crippen LogP contribution < -0.4 is 4.31 Å². The summed E-state index contributed by atoms with van der Waals surface area (Å²) in [6.45, 7) is 6.32. The smallest absolute Gasteiger partial charge is 0.410 e. The molecule has 1 aliphatic heterocycles. The summed E-state index contributed by atoms with van der Waals surface area (Å²) in [5, 5.41) is 6.93. The van der Waals surface area contributed by atoms with Crippen LogP contribution in [-0.2, 0) is 35.5 Å². The molecule has 0 aliphatic carbocycles. The van der Waals surface area contributed by atoms with Crippen LogP contribution in [0.4, 0.5) is 19.3 Å². The van der Waals surface area contributed by atoms with E-state index in [0.717, 1.165) is 16.7 Å². The van der Waals surface area contributed by atoms with Crippen molar-refractivity contribution in [3.63, 3.8) is 0 Å². The van der Waals surface area contributed by atoms with E-state index >= 15 is 0 Å². The summed E-state index contributed by atoms with van der Waals surface area (Å²) in [7, 11) is 0. The van der Waals surface area contributed by atoms with Crippen molar-refractivity contribution in [3.8, 4) is 11.5 Å². The maximum atomic E-state index is 12.7. The molecule has 36 heavy (non-hydrogen) atoms. The first-order valence-corrected chi connectivity index (χ1v) is 12.2. The fourth-order valence-electron chi connectivity index (χ4n) is 3.77. The number of nitrogens with zero attached hydrogens (tertiary/aromatic N) is 4. The summed E-state index contributed by atoms with van der Waals surface area (Å²) in [5.41, 5.74) is 3.01. The van der Waals surface area contributed by atoms with Gasteiger partial charge in [0.25, 0.3) is 5.89 Å². The minimum absolute atomic E-state index is 0.0160. The second kappa shape index (κ2) is 10.3. The zero-order valence-corrected chi connectivity index (χ0v) is 20.8. The maximum absolute atomic E-state index is 12.7. The van der Waals surface area contributed by atoms with Crippen LogP contribution in [0, 0.1) is 0 Å². The lowest BCUT2D eigenvalue weighted by Gasteiger charge is -2.27. The molecular formula is C24H25F2N4O5S-. The molecule has 4 rings (SSSR count). The van der Waals surface area contributed by atoms with Crippen LogP contribution in [0.15, 0.2) is 46.9 Å². The molecule has 0 saturated carbocycles. The molecule has 2 aromatic carbocycles. The molecule has 3 aromatic rings. The van der Waals surface area contributed by atoms with E-state index < -0.39 is 35.3 Å². The first-order valence-electron chi connectivity index (χ1n) is 11.2. The van der Waals surface area contributed by atoms with E-state index in [2.05, 4.69) is 10.2 Å². The first kappa shape index (κ1) is 25.7. The second-order valence-electron chi connectivity index (χ2n) is 9.30. The predicted molar refractivity (Wildman–Crippen MR) is 127 cm³/mol. The monoisotopic (exact) mass is 519 g/mol. The summed E-state index contributed by atoms with van der Waals surface area (Å²) in [6, 6.07) is 12.1. The molecule has 0 spiro atoms. The molecule has 2 heterocycles. The molecule has 1 atom stereocenters. The zero-order chi connectivity index (χ0) is 26.0. The number of fused-ring (bicyclic) bond motifs is 1. The van der Waals surface area contributed by atoms with Crippen molar-refractivity contribution < 1.29 is 31.5 Å². The molecule has 0 saturated heterocycles. The van der Waals surface area contributed by atoms with Gasteiger partial charge in [-0.05, 0) is 68.1 Å². The molecule has 9 nitrogen and oxygen atoms in total. The molecule has 1 aliphatic rings. The topological polar surface area (TPSA) is 112 Å². The average Bonchev–Trinajstić information content (AvgIpc) is 3.46. The molecule has 0 bridgehead atoms. The van der Waals surface area contributed by atoms with Crippen LogP contribution >= 0.6 is 0 Å². The van der Waals surface area contributed by atoms with Gasteiger partial charge >= 0.3 is 12.5 Å². The fraction of sp³-hybridized carbons (Fsp3) is 0.375. The van der Waals surface area contributed by atoms with E-state index in [0.29, 0.717) is 30.8 Å². The van der Waals surface area contributed by atoms with Crippen molar-refractivity contribution in [3.05, 3.63) is 65.0 Å². The molecule has 1 unspecified atom stereocenters. The van der Waals surface area contributed by atoms with E-state index in [1.54, 1.807) is 62.1 Å². The lowest BCUT2D eigenvalue weighted by atomic mass is 10.1. The Morgan fingerprint density at radius 2 is 1.86 bits per heavy atom. The Morgan fingerprint density at radius 1 is 1.17 bits per heavy atom. The van der Waals surface area contributed by atoms with Crippen LogP contribution in [0.25, 0.3) is 11.5 Å². The van der Waals surface area contributed by atoms with Gasteiger partial charge in [0, 0.05) is 42.2 Å². The summed E-state index contributed by atoms with van der Waals surface area (Å²) in [4.78, 5) is 14.0. The number of carbonyl (C=O) groups excluding carboxylic acids is 1. The van der Waals surface area contributed by atoms with Crippen LogP contribution in [-0.4, -0.2) is 42.1 Å². The highest BCUT2D eigenvalue weighted by atomic mass is 32.2. The Balaban J connectivity index is 1.41. The summed E-state index contributed by atoms with van der Waals surface area (Å²) in [5.74, 6) is -0.760. The van der Waals surface area contributed by atoms with Gasteiger partial charge < -0.3 is 18.0 Å². The van der Waals surface area contributed by atoms with Crippen LogP contribution in [0.3, 0.4) is 0 Å². The number of ether oxygens (including phenoxy) is 1. The summed E-state index contributed by atoms with van der Waals surface area (Å²) < 4.78 is 60.9. The average molecular weight is 520 g/mol. The number of amides is 1. The number of hydrogen-bond donors (Lipinski definition) is 0. The Hall–Kier alpha value is -3.38. The molecule has 192 valence electrons. The van der Waals surface area contributed by atoms with E-state index in [1.807, 2.05) is 6.07 Å². The third-order valence-corrected chi connectivity index (χ3v) is 6.22. The van der Waals surface area contributed by atoms with Gasteiger partial charge in [0.1, 0.15) is 5.60 Å². The number of carbonyl (C=O) groups is 1. The Bertz CT molecular complexity index is 1260. The number of aromatic nitrogens is 2. The Morgan fingerprint density at radius 3 is 2.47 bits per heavy atom. The normalized spacial score (nSPS) is 14.1. The molecule has 1 amide bonds. The van der Waals surface area contributed by atoms with E-state index in [1.165, 1.54) is 4.31 Å². The Kier molecular flexibility index (Phi) is 7.36. The van der Waals surface area contributed by atoms with Crippen LogP contribution in [0.5, 0.6) is 0 Å². The summed E-state index contributed by atoms with van der Waals surface area (Å²) in [6.07, 6.45) is -2.86. The van der Waals surface area contributed by atoms with Crippen LogP contribution in [0.1, 0.15) is 49.8 Å². The number of alkyl halides is 2. The standard InChI is InChI=1S/C24H26F2N4O5S/c1-24(2,3)35-23(31)29-13-17-8-9-19(12-18(17)14-29)30(36(32)33)11-10-15-4-6-16(7-5-15)21-27-28-22(34-21)20(25)26/h4-9,12,20H,10-11,13-14H2,1-3H3,(H,32,33)/p-1. The molecule has 0 fully saturated rings. The number of benzene rings is 2. The number of halogens is 2. The van der Waals surface area contributed by atoms with Gasteiger partial charge in [0.2, 0.25) is 5.89 Å². The quantitative estimate of drug-likeness (QED) is 0.414. The molecule has 12 heteroatoms. The van der Waals surface area contributed by atoms with Crippen molar-refractivity contribution in [2.75, 3.05) is 10.8 Å². The van der Waals surface area contributed by atoms with Gasteiger partial charge in [-0.25, -0.2) is 4.79 Å². The second-order valence-corrected chi connectivity index (χ2v) is 10.2. The van der Waals surface area contributed by atoms with Gasteiger partial charge in [-0.15, -0.1) is 10.2 Å².